The highest BCUT2D eigenvalue weighted by Gasteiger charge is 2.23. The maximum absolute atomic E-state index is 12.8. The Morgan fingerprint density at radius 3 is 2.18 bits per heavy atom. The van der Waals surface area contributed by atoms with Crippen molar-refractivity contribution in [1.82, 2.24) is 15.1 Å². The van der Waals surface area contributed by atoms with E-state index < -0.39 is 0 Å². The highest BCUT2D eigenvalue weighted by molar-refractivity contribution is 5.80. The van der Waals surface area contributed by atoms with E-state index in [1.54, 1.807) is 16.8 Å². The number of piperazine rings is 1. The van der Waals surface area contributed by atoms with Gasteiger partial charge in [0, 0.05) is 26.2 Å². The van der Waals surface area contributed by atoms with Gasteiger partial charge in [-0.25, -0.2) is 4.39 Å². The van der Waals surface area contributed by atoms with Crippen LogP contribution < -0.4 is 10.1 Å². The Labute approximate surface area is 128 Å². The van der Waals surface area contributed by atoms with Crippen molar-refractivity contribution < 1.29 is 18.7 Å². The van der Waals surface area contributed by atoms with Gasteiger partial charge in [0.15, 0.2) is 6.61 Å². The molecule has 0 atom stereocenters. The molecule has 0 bridgehead atoms. The Balaban J connectivity index is 1.75. The first-order valence-electron chi connectivity index (χ1n) is 7.18. The van der Waals surface area contributed by atoms with Crippen LogP contribution in [0.25, 0.3) is 0 Å². The topological polar surface area (TPSA) is 61.9 Å². The number of benzene rings is 1. The number of hydrogen-bond acceptors (Lipinski definition) is 4. The van der Waals surface area contributed by atoms with Crippen molar-refractivity contribution in [3.8, 4) is 5.75 Å². The molecular formula is C15H20FN3O3. The van der Waals surface area contributed by atoms with E-state index in [0.717, 1.165) is 0 Å². The van der Waals surface area contributed by atoms with Crippen molar-refractivity contribution >= 4 is 11.8 Å². The van der Waals surface area contributed by atoms with E-state index in [1.807, 2.05) is 0 Å². The largest absolute Gasteiger partial charge is 0.484 e. The number of hydrogen-bond donors (Lipinski definition) is 1. The number of likely N-dealkylation sites (N-methyl/N-ethyl adjacent to an activating group) is 1. The van der Waals surface area contributed by atoms with Crippen molar-refractivity contribution in [3.63, 3.8) is 0 Å². The number of halogens is 1. The summed E-state index contributed by atoms with van der Waals surface area (Å²) in [6.45, 7) is 2.28. The molecule has 1 fully saturated rings. The zero-order chi connectivity index (χ0) is 15.9. The molecule has 1 aromatic rings. The first-order valence-corrected chi connectivity index (χ1v) is 7.18. The minimum atomic E-state index is -0.346. The summed E-state index contributed by atoms with van der Waals surface area (Å²) in [7, 11) is 1.73. The third-order valence-corrected chi connectivity index (χ3v) is 3.49. The fraction of sp³-hybridized carbons (Fsp3) is 0.467. The van der Waals surface area contributed by atoms with Gasteiger partial charge in [-0.3, -0.25) is 9.59 Å². The third kappa shape index (κ3) is 4.42. The molecule has 0 aromatic heterocycles. The summed E-state index contributed by atoms with van der Waals surface area (Å²) >= 11 is 0. The summed E-state index contributed by atoms with van der Waals surface area (Å²) in [5.74, 6) is 0.0146. The van der Waals surface area contributed by atoms with E-state index in [9.17, 15) is 14.0 Å². The molecule has 1 aliphatic rings. The molecule has 0 radical (unpaired) electrons. The van der Waals surface area contributed by atoms with Crippen LogP contribution in [0.5, 0.6) is 5.75 Å². The van der Waals surface area contributed by atoms with Crippen LogP contribution in [0.2, 0.25) is 0 Å². The Morgan fingerprint density at radius 2 is 1.64 bits per heavy atom. The second-order valence-electron chi connectivity index (χ2n) is 5.03. The predicted molar refractivity (Wildman–Crippen MR) is 79.0 cm³/mol. The standard InChI is InChI=1S/C15H20FN3O3/c1-17-10-14(20)18-6-8-19(9-7-18)15(21)11-22-13-4-2-12(16)3-5-13/h2-5,17H,6-11H2,1H3. The molecule has 6 nitrogen and oxygen atoms in total. The van der Waals surface area contributed by atoms with Crippen molar-refractivity contribution in [2.75, 3.05) is 46.4 Å². The lowest BCUT2D eigenvalue weighted by molar-refractivity contribution is -0.140. The second kappa shape index (κ2) is 7.74. The van der Waals surface area contributed by atoms with Gasteiger partial charge in [-0.15, -0.1) is 0 Å². The SMILES string of the molecule is CNCC(=O)N1CCN(C(=O)COc2ccc(F)cc2)CC1. The van der Waals surface area contributed by atoms with Crippen molar-refractivity contribution in [2.45, 2.75) is 0 Å². The van der Waals surface area contributed by atoms with Crippen molar-refractivity contribution in [2.24, 2.45) is 0 Å². The summed E-state index contributed by atoms with van der Waals surface area (Å²) in [5.41, 5.74) is 0. The molecule has 0 unspecified atom stereocenters. The Morgan fingerprint density at radius 1 is 1.09 bits per heavy atom. The van der Waals surface area contributed by atoms with E-state index in [2.05, 4.69) is 5.32 Å². The number of carbonyl (C=O) groups excluding carboxylic acids is 2. The van der Waals surface area contributed by atoms with Crippen LogP contribution in [-0.4, -0.2) is 68.0 Å². The molecule has 1 aliphatic heterocycles. The summed E-state index contributed by atoms with van der Waals surface area (Å²) in [6.07, 6.45) is 0. The smallest absolute Gasteiger partial charge is 0.260 e. The lowest BCUT2D eigenvalue weighted by Crippen LogP contribution is -2.53. The summed E-state index contributed by atoms with van der Waals surface area (Å²) in [5, 5.41) is 2.82. The summed E-state index contributed by atoms with van der Waals surface area (Å²) < 4.78 is 18.1. The van der Waals surface area contributed by atoms with Gasteiger partial charge in [0.1, 0.15) is 11.6 Å². The Bertz CT molecular complexity index is 513. The number of nitrogens with one attached hydrogen (secondary N) is 1. The number of nitrogens with zero attached hydrogens (tertiary/aromatic N) is 2. The number of rotatable bonds is 5. The molecular weight excluding hydrogens is 289 g/mol. The van der Waals surface area contributed by atoms with Crippen LogP contribution in [-0.2, 0) is 9.59 Å². The maximum atomic E-state index is 12.8. The molecule has 1 N–H and O–H groups in total. The molecule has 22 heavy (non-hydrogen) atoms. The highest BCUT2D eigenvalue weighted by atomic mass is 19.1. The van der Waals surface area contributed by atoms with Gasteiger partial charge < -0.3 is 19.9 Å². The number of ether oxygens (including phenoxy) is 1. The number of carbonyl (C=O) groups is 2. The quantitative estimate of drug-likeness (QED) is 0.838. The van der Waals surface area contributed by atoms with Crippen LogP contribution in [0.1, 0.15) is 0 Å². The highest BCUT2D eigenvalue weighted by Crippen LogP contribution is 2.11. The number of amides is 2. The van der Waals surface area contributed by atoms with Crippen LogP contribution in [0, 0.1) is 5.82 Å². The lowest BCUT2D eigenvalue weighted by atomic mass is 10.3. The van der Waals surface area contributed by atoms with Gasteiger partial charge in [0.25, 0.3) is 5.91 Å². The fourth-order valence-electron chi connectivity index (χ4n) is 2.24. The van der Waals surface area contributed by atoms with Crippen LogP contribution in [0.4, 0.5) is 4.39 Å². The van der Waals surface area contributed by atoms with E-state index in [4.69, 9.17) is 4.74 Å². The van der Waals surface area contributed by atoms with Gasteiger partial charge in [-0.1, -0.05) is 0 Å². The van der Waals surface area contributed by atoms with E-state index in [-0.39, 0.29) is 24.2 Å². The molecule has 1 saturated heterocycles. The van der Waals surface area contributed by atoms with Gasteiger partial charge in [0.05, 0.1) is 6.54 Å². The average Bonchev–Trinajstić information content (AvgIpc) is 2.54. The Kier molecular flexibility index (Phi) is 5.71. The first kappa shape index (κ1) is 16.2. The van der Waals surface area contributed by atoms with Gasteiger partial charge in [-0.2, -0.15) is 0 Å². The summed E-state index contributed by atoms with van der Waals surface area (Å²) in [6, 6.07) is 5.53. The molecule has 0 saturated carbocycles. The molecule has 0 aliphatic carbocycles. The van der Waals surface area contributed by atoms with Crippen LogP contribution >= 0.6 is 0 Å². The van der Waals surface area contributed by atoms with Crippen molar-refractivity contribution in [3.05, 3.63) is 30.1 Å². The fourth-order valence-corrected chi connectivity index (χ4v) is 2.24. The third-order valence-electron chi connectivity index (χ3n) is 3.49. The van der Waals surface area contributed by atoms with Gasteiger partial charge in [0.2, 0.25) is 5.91 Å². The minimum Gasteiger partial charge on any atom is -0.484 e. The molecule has 0 spiro atoms. The lowest BCUT2D eigenvalue weighted by Gasteiger charge is -2.34. The molecule has 7 heteroatoms. The molecule has 2 amide bonds. The van der Waals surface area contributed by atoms with Crippen LogP contribution in [0.15, 0.2) is 24.3 Å². The molecule has 1 aromatic carbocycles. The first-order chi connectivity index (χ1) is 10.6. The minimum absolute atomic E-state index is 0.0390. The van der Waals surface area contributed by atoms with Crippen molar-refractivity contribution in [1.29, 1.82) is 0 Å². The van der Waals surface area contributed by atoms with E-state index >= 15 is 0 Å². The molecule has 1 heterocycles. The zero-order valence-corrected chi connectivity index (χ0v) is 12.5. The summed E-state index contributed by atoms with van der Waals surface area (Å²) in [4.78, 5) is 27.2. The normalized spacial score (nSPS) is 14.8. The predicted octanol–water partition coefficient (Wildman–Crippen LogP) is 0.0947. The van der Waals surface area contributed by atoms with Gasteiger partial charge >= 0.3 is 0 Å². The Hall–Kier alpha value is -2.15. The molecule has 2 rings (SSSR count). The second-order valence-corrected chi connectivity index (χ2v) is 5.03. The van der Waals surface area contributed by atoms with E-state index in [0.29, 0.717) is 38.5 Å². The monoisotopic (exact) mass is 309 g/mol. The van der Waals surface area contributed by atoms with E-state index in [1.165, 1.54) is 24.3 Å². The molecule has 120 valence electrons. The maximum Gasteiger partial charge on any atom is 0.260 e. The average molecular weight is 309 g/mol. The van der Waals surface area contributed by atoms with Gasteiger partial charge in [-0.05, 0) is 31.3 Å². The zero-order valence-electron chi connectivity index (χ0n) is 12.5. The van der Waals surface area contributed by atoms with Crippen LogP contribution in [0.3, 0.4) is 0 Å².